The SMILES string of the molecule is CCCC1(CN2CCCC(C)(C)CC2)CCNCC1. The average molecular weight is 266 g/mol. The van der Waals surface area contributed by atoms with Crippen molar-refractivity contribution in [3.8, 4) is 0 Å². The van der Waals surface area contributed by atoms with Crippen LogP contribution in [-0.4, -0.2) is 37.6 Å². The summed E-state index contributed by atoms with van der Waals surface area (Å²) in [7, 11) is 0. The van der Waals surface area contributed by atoms with Gasteiger partial charge in [-0.2, -0.15) is 0 Å². The lowest BCUT2D eigenvalue weighted by Gasteiger charge is -2.41. The van der Waals surface area contributed by atoms with E-state index in [0.717, 1.165) is 0 Å². The molecule has 2 saturated heterocycles. The highest BCUT2D eigenvalue weighted by Crippen LogP contribution is 2.37. The molecular weight excluding hydrogens is 232 g/mol. The molecule has 1 N–H and O–H groups in total. The van der Waals surface area contributed by atoms with E-state index in [0.29, 0.717) is 10.8 Å². The van der Waals surface area contributed by atoms with Gasteiger partial charge in [0.05, 0.1) is 0 Å². The molecule has 0 unspecified atom stereocenters. The lowest BCUT2D eigenvalue weighted by atomic mass is 9.75. The molecule has 0 bridgehead atoms. The Kier molecular flexibility index (Phi) is 5.30. The van der Waals surface area contributed by atoms with Gasteiger partial charge in [0.25, 0.3) is 0 Å². The molecule has 2 fully saturated rings. The van der Waals surface area contributed by atoms with Gasteiger partial charge in [0.2, 0.25) is 0 Å². The van der Waals surface area contributed by atoms with Gasteiger partial charge in [0, 0.05) is 6.54 Å². The fourth-order valence-corrected chi connectivity index (χ4v) is 4.09. The van der Waals surface area contributed by atoms with Crippen LogP contribution < -0.4 is 5.32 Å². The minimum Gasteiger partial charge on any atom is -0.317 e. The summed E-state index contributed by atoms with van der Waals surface area (Å²) in [5.74, 6) is 0. The topological polar surface area (TPSA) is 15.3 Å². The Morgan fingerprint density at radius 3 is 2.42 bits per heavy atom. The predicted octanol–water partition coefficient (Wildman–Crippen LogP) is 3.67. The minimum absolute atomic E-state index is 0.570. The molecule has 112 valence electrons. The van der Waals surface area contributed by atoms with Crippen LogP contribution in [0.4, 0.5) is 0 Å². The van der Waals surface area contributed by atoms with Crippen LogP contribution in [0.1, 0.15) is 65.7 Å². The van der Waals surface area contributed by atoms with Crippen LogP contribution in [0.25, 0.3) is 0 Å². The second-order valence-electron chi connectivity index (χ2n) is 7.79. The number of hydrogen-bond acceptors (Lipinski definition) is 2. The zero-order valence-corrected chi connectivity index (χ0v) is 13.4. The van der Waals surface area contributed by atoms with E-state index >= 15 is 0 Å². The summed E-state index contributed by atoms with van der Waals surface area (Å²) in [6, 6.07) is 0. The zero-order valence-electron chi connectivity index (χ0n) is 13.4. The molecule has 0 aromatic carbocycles. The van der Waals surface area contributed by atoms with Crippen LogP contribution >= 0.6 is 0 Å². The van der Waals surface area contributed by atoms with Gasteiger partial charge in [-0.05, 0) is 75.5 Å². The molecule has 2 nitrogen and oxygen atoms in total. The number of likely N-dealkylation sites (tertiary alicyclic amines) is 1. The van der Waals surface area contributed by atoms with Crippen molar-refractivity contribution in [1.29, 1.82) is 0 Å². The average Bonchev–Trinajstić information content (AvgIpc) is 2.52. The third-order valence-corrected chi connectivity index (χ3v) is 5.44. The van der Waals surface area contributed by atoms with Crippen molar-refractivity contribution in [2.75, 3.05) is 32.7 Å². The van der Waals surface area contributed by atoms with Crippen molar-refractivity contribution in [2.45, 2.75) is 65.7 Å². The second-order valence-corrected chi connectivity index (χ2v) is 7.79. The summed E-state index contributed by atoms with van der Waals surface area (Å²) in [6.45, 7) is 13.7. The van der Waals surface area contributed by atoms with Gasteiger partial charge in [-0.1, -0.05) is 27.2 Å². The Bertz CT molecular complexity index is 261. The van der Waals surface area contributed by atoms with E-state index in [4.69, 9.17) is 0 Å². The Labute approximate surface area is 120 Å². The standard InChI is InChI=1S/C17H34N2/c1-4-6-17(8-11-18-12-9-17)15-19-13-5-7-16(2,3)10-14-19/h18H,4-15H2,1-3H3. The largest absolute Gasteiger partial charge is 0.317 e. The first kappa shape index (κ1) is 15.3. The van der Waals surface area contributed by atoms with Gasteiger partial charge < -0.3 is 10.2 Å². The minimum atomic E-state index is 0.570. The molecule has 0 radical (unpaired) electrons. The summed E-state index contributed by atoms with van der Waals surface area (Å²) >= 11 is 0. The molecule has 2 heteroatoms. The number of nitrogens with zero attached hydrogens (tertiary/aromatic N) is 1. The van der Waals surface area contributed by atoms with E-state index in [2.05, 4.69) is 31.0 Å². The van der Waals surface area contributed by atoms with Gasteiger partial charge in [-0.15, -0.1) is 0 Å². The van der Waals surface area contributed by atoms with E-state index in [9.17, 15) is 0 Å². The Balaban J connectivity index is 1.93. The maximum absolute atomic E-state index is 3.54. The predicted molar refractivity (Wildman–Crippen MR) is 83.5 cm³/mol. The lowest BCUT2D eigenvalue weighted by molar-refractivity contribution is 0.101. The van der Waals surface area contributed by atoms with Crippen molar-refractivity contribution >= 4 is 0 Å². The third-order valence-electron chi connectivity index (χ3n) is 5.44. The quantitative estimate of drug-likeness (QED) is 0.835. The number of hydrogen-bond donors (Lipinski definition) is 1. The molecule has 2 heterocycles. The fraction of sp³-hybridized carbons (Fsp3) is 1.00. The first-order valence-corrected chi connectivity index (χ1v) is 8.48. The first-order chi connectivity index (χ1) is 9.05. The van der Waals surface area contributed by atoms with Crippen molar-refractivity contribution in [1.82, 2.24) is 10.2 Å². The van der Waals surface area contributed by atoms with E-state index in [1.54, 1.807) is 0 Å². The van der Waals surface area contributed by atoms with Gasteiger partial charge in [0.1, 0.15) is 0 Å². The molecule has 0 aromatic rings. The molecule has 2 aliphatic heterocycles. The lowest BCUT2D eigenvalue weighted by Crippen LogP contribution is -2.45. The van der Waals surface area contributed by atoms with Crippen molar-refractivity contribution in [2.24, 2.45) is 10.8 Å². The van der Waals surface area contributed by atoms with Crippen molar-refractivity contribution in [3.05, 3.63) is 0 Å². The van der Waals surface area contributed by atoms with E-state index in [1.165, 1.54) is 77.7 Å². The summed E-state index contributed by atoms with van der Waals surface area (Å²) in [6.07, 6.45) is 9.74. The Hall–Kier alpha value is -0.0800. The van der Waals surface area contributed by atoms with Crippen LogP contribution in [-0.2, 0) is 0 Å². The highest BCUT2D eigenvalue weighted by atomic mass is 15.1. The highest BCUT2D eigenvalue weighted by Gasteiger charge is 2.34. The molecular formula is C17H34N2. The Morgan fingerprint density at radius 1 is 1.00 bits per heavy atom. The summed E-state index contributed by atoms with van der Waals surface area (Å²) in [5, 5.41) is 3.54. The first-order valence-electron chi connectivity index (χ1n) is 8.48. The van der Waals surface area contributed by atoms with E-state index < -0.39 is 0 Å². The summed E-state index contributed by atoms with van der Waals surface area (Å²) in [5.41, 5.74) is 1.19. The van der Waals surface area contributed by atoms with Crippen LogP contribution in [0.15, 0.2) is 0 Å². The molecule has 2 rings (SSSR count). The summed E-state index contributed by atoms with van der Waals surface area (Å²) < 4.78 is 0. The summed E-state index contributed by atoms with van der Waals surface area (Å²) in [4.78, 5) is 2.79. The molecule has 0 aliphatic carbocycles. The second kappa shape index (κ2) is 6.58. The molecule has 2 aliphatic rings. The number of rotatable bonds is 4. The fourth-order valence-electron chi connectivity index (χ4n) is 4.09. The van der Waals surface area contributed by atoms with Crippen LogP contribution in [0, 0.1) is 10.8 Å². The van der Waals surface area contributed by atoms with E-state index in [1.807, 2.05) is 0 Å². The molecule has 0 amide bonds. The smallest absolute Gasteiger partial charge is 0.00389 e. The highest BCUT2D eigenvalue weighted by molar-refractivity contribution is 4.88. The van der Waals surface area contributed by atoms with Crippen LogP contribution in [0.2, 0.25) is 0 Å². The van der Waals surface area contributed by atoms with Crippen LogP contribution in [0.3, 0.4) is 0 Å². The number of piperidine rings is 1. The van der Waals surface area contributed by atoms with Gasteiger partial charge in [0.15, 0.2) is 0 Å². The zero-order chi connectivity index (χ0) is 13.8. The number of nitrogens with one attached hydrogen (secondary N) is 1. The maximum atomic E-state index is 3.54. The monoisotopic (exact) mass is 266 g/mol. The van der Waals surface area contributed by atoms with Crippen LogP contribution in [0.5, 0.6) is 0 Å². The molecule has 0 atom stereocenters. The van der Waals surface area contributed by atoms with Crippen molar-refractivity contribution in [3.63, 3.8) is 0 Å². The third kappa shape index (κ3) is 4.46. The van der Waals surface area contributed by atoms with Gasteiger partial charge >= 0.3 is 0 Å². The Morgan fingerprint density at radius 2 is 1.74 bits per heavy atom. The molecule has 0 aromatic heterocycles. The maximum Gasteiger partial charge on any atom is 0.00389 e. The van der Waals surface area contributed by atoms with Crippen molar-refractivity contribution < 1.29 is 0 Å². The molecule has 19 heavy (non-hydrogen) atoms. The van der Waals surface area contributed by atoms with Gasteiger partial charge in [-0.3, -0.25) is 0 Å². The van der Waals surface area contributed by atoms with E-state index in [-0.39, 0.29) is 0 Å². The normalized spacial score (nSPS) is 27.9. The molecule has 0 saturated carbocycles. The molecule has 0 spiro atoms. The van der Waals surface area contributed by atoms with Gasteiger partial charge in [-0.25, -0.2) is 0 Å².